The molecule has 2 aromatic heterocycles. The van der Waals surface area contributed by atoms with E-state index in [1.807, 2.05) is 15.9 Å². The standard InChI is InChI=1S/C25H33N5O4/c1-18(31)29-12-10-28(11-13-29)7-3-23(32)30-8-4-25(5-9-30)15-20(25)16-27-24(33)21-14-19-2-6-26-17-22(19)34-21/h2,6,14,17,20H,3-5,7-13,15-16H2,1H3,(H,27,33). The first-order valence-corrected chi connectivity index (χ1v) is 12.3. The molecule has 1 unspecified atom stereocenters. The van der Waals surface area contributed by atoms with Gasteiger partial charge in [-0.15, -0.1) is 0 Å². The largest absolute Gasteiger partial charge is 0.449 e. The molecule has 3 amide bonds. The molecule has 34 heavy (non-hydrogen) atoms. The number of carbonyl (C=O) groups is 3. The maximum atomic E-state index is 12.7. The lowest BCUT2D eigenvalue weighted by Crippen LogP contribution is -2.49. The van der Waals surface area contributed by atoms with E-state index in [9.17, 15) is 14.4 Å². The maximum absolute atomic E-state index is 12.7. The molecule has 3 fully saturated rings. The number of hydrogen-bond acceptors (Lipinski definition) is 6. The summed E-state index contributed by atoms with van der Waals surface area (Å²) in [5, 5.41) is 3.90. The number of aromatic nitrogens is 1. The smallest absolute Gasteiger partial charge is 0.287 e. The van der Waals surface area contributed by atoms with Crippen molar-refractivity contribution in [3.05, 3.63) is 30.3 Å². The van der Waals surface area contributed by atoms with Gasteiger partial charge < -0.3 is 19.5 Å². The molecule has 1 N–H and O–H groups in total. The van der Waals surface area contributed by atoms with Crippen LogP contribution in [0.2, 0.25) is 0 Å². The highest BCUT2D eigenvalue weighted by Crippen LogP contribution is 2.59. The molecule has 5 rings (SSSR count). The van der Waals surface area contributed by atoms with Crippen molar-refractivity contribution in [2.45, 2.75) is 32.6 Å². The lowest BCUT2D eigenvalue weighted by atomic mass is 9.90. The molecule has 3 aliphatic rings. The number of furan rings is 1. The predicted molar refractivity (Wildman–Crippen MR) is 126 cm³/mol. The summed E-state index contributed by atoms with van der Waals surface area (Å²) in [6, 6.07) is 3.58. The van der Waals surface area contributed by atoms with Crippen LogP contribution in [0.4, 0.5) is 0 Å². The molecule has 1 atom stereocenters. The first-order valence-electron chi connectivity index (χ1n) is 12.3. The van der Waals surface area contributed by atoms with Crippen LogP contribution >= 0.6 is 0 Å². The SMILES string of the molecule is CC(=O)N1CCN(CCC(=O)N2CCC3(CC2)CC3CNC(=O)c2cc3ccncc3o2)CC1. The van der Waals surface area contributed by atoms with Gasteiger partial charge in [-0.25, -0.2) is 0 Å². The first kappa shape index (κ1) is 22.8. The summed E-state index contributed by atoms with van der Waals surface area (Å²) >= 11 is 0. The maximum Gasteiger partial charge on any atom is 0.287 e. The van der Waals surface area contributed by atoms with Gasteiger partial charge in [0.05, 0.1) is 6.20 Å². The van der Waals surface area contributed by atoms with Crippen LogP contribution in [-0.4, -0.2) is 89.8 Å². The van der Waals surface area contributed by atoms with Gasteiger partial charge in [0.2, 0.25) is 11.8 Å². The highest BCUT2D eigenvalue weighted by atomic mass is 16.3. The Bertz CT molecular complexity index is 1030. The third-order valence-electron chi connectivity index (χ3n) is 7.99. The van der Waals surface area contributed by atoms with Gasteiger partial charge in [-0.3, -0.25) is 24.3 Å². The second-order valence-electron chi connectivity index (χ2n) is 9.98. The minimum Gasteiger partial charge on any atom is -0.449 e. The minimum absolute atomic E-state index is 0.128. The average molecular weight is 468 g/mol. The number of rotatable bonds is 6. The first-order chi connectivity index (χ1) is 16.4. The van der Waals surface area contributed by atoms with Gasteiger partial charge in [0.15, 0.2) is 11.3 Å². The number of carbonyl (C=O) groups excluding carboxylic acids is 3. The van der Waals surface area contributed by atoms with E-state index in [-0.39, 0.29) is 23.1 Å². The highest BCUT2D eigenvalue weighted by molar-refractivity contribution is 5.95. The highest BCUT2D eigenvalue weighted by Gasteiger charge is 2.54. The summed E-state index contributed by atoms with van der Waals surface area (Å²) in [5.74, 6) is 0.963. The van der Waals surface area contributed by atoms with Crippen molar-refractivity contribution in [2.75, 3.05) is 52.4 Å². The zero-order chi connectivity index (χ0) is 23.7. The second kappa shape index (κ2) is 9.37. The lowest BCUT2D eigenvalue weighted by molar-refractivity contribution is -0.134. The molecule has 0 aromatic carbocycles. The fraction of sp³-hybridized carbons (Fsp3) is 0.600. The summed E-state index contributed by atoms with van der Waals surface area (Å²) in [5.41, 5.74) is 0.885. The second-order valence-corrected chi connectivity index (χ2v) is 9.98. The fourth-order valence-electron chi connectivity index (χ4n) is 5.53. The number of nitrogens with one attached hydrogen (secondary N) is 1. The third-order valence-corrected chi connectivity index (χ3v) is 7.99. The quantitative estimate of drug-likeness (QED) is 0.695. The van der Waals surface area contributed by atoms with Crippen LogP contribution in [0.3, 0.4) is 0 Å². The molecule has 2 aliphatic heterocycles. The van der Waals surface area contributed by atoms with E-state index in [1.54, 1.807) is 25.4 Å². The summed E-state index contributed by atoms with van der Waals surface area (Å²) in [6.45, 7) is 7.81. The van der Waals surface area contributed by atoms with Gasteiger partial charge in [0.25, 0.3) is 5.91 Å². The van der Waals surface area contributed by atoms with Crippen molar-refractivity contribution in [2.24, 2.45) is 11.3 Å². The zero-order valence-electron chi connectivity index (χ0n) is 19.8. The van der Waals surface area contributed by atoms with Crippen molar-refractivity contribution in [3.8, 4) is 0 Å². The van der Waals surface area contributed by atoms with Crippen molar-refractivity contribution < 1.29 is 18.8 Å². The molecular formula is C25H33N5O4. The van der Waals surface area contributed by atoms with Gasteiger partial charge in [0, 0.05) is 77.3 Å². The Morgan fingerprint density at radius 3 is 2.59 bits per heavy atom. The predicted octanol–water partition coefficient (Wildman–Crippen LogP) is 1.74. The van der Waals surface area contributed by atoms with E-state index in [2.05, 4.69) is 15.2 Å². The Balaban J connectivity index is 1.02. The Kier molecular flexibility index (Phi) is 6.29. The molecule has 0 bridgehead atoms. The van der Waals surface area contributed by atoms with E-state index in [0.29, 0.717) is 30.2 Å². The monoisotopic (exact) mass is 467 g/mol. The molecule has 1 aliphatic carbocycles. The molecule has 1 saturated carbocycles. The molecular weight excluding hydrogens is 434 g/mol. The number of likely N-dealkylation sites (tertiary alicyclic amines) is 1. The Morgan fingerprint density at radius 1 is 1.12 bits per heavy atom. The molecule has 2 aromatic rings. The number of amides is 3. The fourth-order valence-corrected chi connectivity index (χ4v) is 5.53. The summed E-state index contributed by atoms with van der Waals surface area (Å²) < 4.78 is 5.60. The van der Waals surface area contributed by atoms with Crippen LogP contribution < -0.4 is 5.32 Å². The molecule has 0 radical (unpaired) electrons. The van der Waals surface area contributed by atoms with Crippen LogP contribution in [0.25, 0.3) is 11.0 Å². The minimum atomic E-state index is -0.185. The van der Waals surface area contributed by atoms with E-state index >= 15 is 0 Å². The number of pyridine rings is 1. The molecule has 182 valence electrons. The number of hydrogen-bond donors (Lipinski definition) is 1. The Hall–Kier alpha value is -2.94. The van der Waals surface area contributed by atoms with Gasteiger partial charge in [-0.05, 0) is 42.7 Å². The Labute approximate surface area is 199 Å². The van der Waals surface area contributed by atoms with Crippen LogP contribution in [0.5, 0.6) is 0 Å². The van der Waals surface area contributed by atoms with Crippen molar-refractivity contribution in [3.63, 3.8) is 0 Å². The van der Waals surface area contributed by atoms with Gasteiger partial charge in [0.1, 0.15) is 0 Å². The van der Waals surface area contributed by atoms with E-state index in [0.717, 1.165) is 70.5 Å². The van der Waals surface area contributed by atoms with Crippen LogP contribution in [0.15, 0.2) is 28.9 Å². The zero-order valence-corrected chi connectivity index (χ0v) is 19.8. The number of nitrogens with zero attached hydrogens (tertiary/aromatic N) is 4. The van der Waals surface area contributed by atoms with Crippen molar-refractivity contribution >= 4 is 28.7 Å². The summed E-state index contributed by atoms with van der Waals surface area (Å²) in [6.07, 6.45) is 6.96. The lowest BCUT2D eigenvalue weighted by Gasteiger charge is -2.36. The van der Waals surface area contributed by atoms with Gasteiger partial charge in [-0.2, -0.15) is 0 Å². The van der Waals surface area contributed by atoms with E-state index < -0.39 is 0 Å². The van der Waals surface area contributed by atoms with E-state index in [1.165, 1.54) is 0 Å². The molecule has 9 nitrogen and oxygen atoms in total. The topological polar surface area (TPSA) is 99.0 Å². The van der Waals surface area contributed by atoms with Crippen LogP contribution in [0, 0.1) is 11.3 Å². The molecule has 9 heteroatoms. The van der Waals surface area contributed by atoms with E-state index in [4.69, 9.17) is 4.42 Å². The third kappa shape index (κ3) is 4.80. The number of fused-ring (bicyclic) bond motifs is 1. The molecule has 4 heterocycles. The van der Waals surface area contributed by atoms with Crippen molar-refractivity contribution in [1.82, 2.24) is 25.0 Å². The summed E-state index contributed by atoms with van der Waals surface area (Å²) in [7, 11) is 0. The molecule has 1 spiro atoms. The Morgan fingerprint density at radius 2 is 1.88 bits per heavy atom. The van der Waals surface area contributed by atoms with Gasteiger partial charge >= 0.3 is 0 Å². The number of piperidine rings is 1. The van der Waals surface area contributed by atoms with Gasteiger partial charge in [-0.1, -0.05) is 0 Å². The number of piperazine rings is 1. The van der Waals surface area contributed by atoms with Crippen LogP contribution in [0.1, 0.15) is 43.2 Å². The average Bonchev–Trinajstić information content (AvgIpc) is 3.32. The van der Waals surface area contributed by atoms with Crippen LogP contribution in [-0.2, 0) is 9.59 Å². The van der Waals surface area contributed by atoms with Crippen molar-refractivity contribution in [1.29, 1.82) is 0 Å². The normalized spacial score (nSPS) is 22.2. The summed E-state index contributed by atoms with van der Waals surface area (Å²) in [4.78, 5) is 46.9. The molecule has 2 saturated heterocycles.